The van der Waals surface area contributed by atoms with E-state index in [0.29, 0.717) is 12.5 Å². The summed E-state index contributed by atoms with van der Waals surface area (Å²) in [7, 11) is 1.85. The Balaban J connectivity index is 3.63. The maximum atomic E-state index is 11.8. The van der Waals surface area contributed by atoms with Crippen LogP contribution < -0.4 is 0 Å². The van der Waals surface area contributed by atoms with Crippen molar-refractivity contribution < 1.29 is 31.2 Å². The second-order valence-corrected chi connectivity index (χ2v) is 6.47. The lowest BCUT2D eigenvalue weighted by Crippen LogP contribution is -2.42. The minimum atomic E-state index is -4.16. The third-order valence-corrected chi connectivity index (χ3v) is 5.07. The topological polar surface area (TPSA) is 36.9 Å². The summed E-state index contributed by atoms with van der Waals surface area (Å²) in [4.78, 5) is 0. The van der Waals surface area contributed by atoms with Crippen molar-refractivity contribution in [3.8, 4) is 0 Å². The van der Waals surface area contributed by atoms with Crippen LogP contribution in [0, 0.1) is 0 Å². The van der Waals surface area contributed by atoms with Crippen molar-refractivity contribution in [1.82, 2.24) is 0 Å². The third-order valence-electron chi connectivity index (χ3n) is 2.23. The average Bonchev–Trinajstić information content (AvgIpc) is 2.28. The van der Waals surface area contributed by atoms with Crippen molar-refractivity contribution in [2.24, 2.45) is 0 Å². The van der Waals surface area contributed by atoms with E-state index in [-0.39, 0.29) is 13.2 Å². The molecule has 0 saturated heterocycles. The lowest BCUT2D eigenvalue weighted by molar-refractivity contribution is -0.145. The molecule has 0 N–H and O–H groups in total. The lowest BCUT2D eigenvalue weighted by atomic mass is 10.4. The highest BCUT2D eigenvalue weighted by molar-refractivity contribution is 6.60. The first-order valence-corrected chi connectivity index (χ1v) is 7.12. The van der Waals surface area contributed by atoms with Gasteiger partial charge in [0, 0.05) is 34.0 Å². The van der Waals surface area contributed by atoms with Gasteiger partial charge >= 0.3 is 15.0 Å². The number of rotatable bonds is 9. The predicted molar refractivity (Wildman–Crippen MR) is 57.7 cm³/mol. The van der Waals surface area contributed by atoms with Gasteiger partial charge < -0.3 is 18.0 Å². The zero-order valence-electron chi connectivity index (χ0n) is 10.3. The van der Waals surface area contributed by atoms with Crippen LogP contribution in [0.5, 0.6) is 0 Å². The Hall–Kier alpha value is -0.153. The zero-order valence-corrected chi connectivity index (χ0v) is 11.3. The molecule has 4 nitrogen and oxygen atoms in total. The number of hydrogen-bond acceptors (Lipinski definition) is 4. The smallest absolute Gasteiger partial charge is 0.381 e. The van der Waals surface area contributed by atoms with Crippen LogP contribution in [0.3, 0.4) is 0 Å². The Kier molecular flexibility index (Phi) is 7.97. The van der Waals surface area contributed by atoms with Gasteiger partial charge in [-0.2, -0.15) is 13.2 Å². The molecule has 0 aliphatic rings. The highest BCUT2D eigenvalue weighted by Gasteiger charge is 2.36. The van der Waals surface area contributed by atoms with Crippen LogP contribution in [0.25, 0.3) is 0 Å². The summed E-state index contributed by atoms with van der Waals surface area (Å²) in [5.41, 5.74) is 0. The molecular weight excluding hydrogens is 257 g/mol. The van der Waals surface area contributed by atoms with E-state index in [1.165, 1.54) is 21.3 Å². The third kappa shape index (κ3) is 7.71. The Morgan fingerprint density at radius 1 is 0.941 bits per heavy atom. The van der Waals surface area contributed by atoms with E-state index in [4.69, 9.17) is 18.0 Å². The highest BCUT2D eigenvalue weighted by atomic mass is 28.4. The molecule has 17 heavy (non-hydrogen) atoms. The van der Waals surface area contributed by atoms with Gasteiger partial charge in [-0.15, -0.1) is 0 Å². The maximum Gasteiger partial charge on any atom is 0.500 e. The van der Waals surface area contributed by atoms with Gasteiger partial charge in [-0.05, 0) is 6.42 Å². The molecule has 0 aliphatic carbocycles. The number of hydrogen-bond donors (Lipinski definition) is 0. The first-order chi connectivity index (χ1) is 7.89. The fraction of sp³-hybridized carbons (Fsp3) is 1.00. The van der Waals surface area contributed by atoms with Crippen molar-refractivity contribution in [2.75, 3.05) is 34.5 Å². The Labute approximate surface area is 100 Å². The van der Waals surface area contributed by atoms with Crippen molar-refractivity contribution in [2.45, 2.75) is 25.1 Å². The predicted octanol–water partition coefficient (Wildman–Crippen LogP) is 2.22. The quantitative estimate of drug-likeness (QED) is 0.478. The molecule has 0 rings (SSSR count). The fourth-order valence-corrected chi connectivity index (χ4v) is 2.93. The molecule has 0 spiro atoms. The minimum absolute atomic E-state index is 0.237. The Bertz CT molecular complexity index is 189. The molecule has 0 heterocycles. The van der Waals surface area contributed by atoms with Gasteiger partial charge in [0.05, 0.1) is 13.0 Å². The molecule has 0 bridgehead atoms. The van der Waals surface area contributed by atoms with Crippen LogP contribution in [0.4, 0.5) is 13.2 Å². The summed E-state index contributed by atoms with van der Waals surface area (Å²) in [5.74, 6) is 0. The van der Waals surface area contributed by atoms with Crippen LogP contribution >= 0.6 is 0 Å². The van der Waals surface area contributed by atoms with Gasteiger partial charge in [-0.1, -0.05) is 0 Å². The summed E-state index contributed by atoms with van der Waals surface area (Å²) >= 11 is 0. The van der Waals surface area contributed by atoms with Crippen molar-refractivity contribution >= 4 is 8.80 Å². The molecule has 0 atom stereocenters. The molecule has 0 unspecified atom stereocenters. The van der Waals surface area contributed by atoms with Crippen LogP contribution in [0.15, 0.2) is 0 Å². The molecule has 0 aromatic heterocycles. The van der Waals surface area contributed by atoms with Gasteiger partial charge in [0.25, 0.3) is 0 Å². The molecule has 0 aromatic rings. The summed E-state index contributed by atoms with van der Waals surface area (Å²) in [5, 5.41) is 0. The van der Waals surface area contributed by atoms with E-state index in [1.807, 2.05) is 0 Å². The van der Waals surface area contributed by atoms with E-state index in [2.05, 4.69) is 0 Å². The van der Waals surface area contributed by atoms with Gasteiger partial charge in [-0.3, -0.25) is 0 Å². The zero-order chi connectivity index (χ0) is 13.4. The van der Waals surface area contributed by atoms with E-state index in [9.17, 15) is 13.2 Å². The number of halogens is 3. The van der Waals surface area contributed by atoms with Crippen LogP contribution in [-0.2, 0) is 18.0 Å². The van der Waals surface area contributed by atoms with Gasteiger partial charge in [0.15, 0.2) is 0 Å². The van der Waals surface area contributed by atoms with Crippen LogP contribution in [0.2, 0.25) is 6.04 Å². The van der Waals surface area contributed by atoms with Crippen molar-refractivity contribution in [3.63, 3.8) is 0 Å². The van der Waals surface area contributed by atoms with Gasteiger partial charge in [-0.25, -0.2) is 0 Å². The minimum Gasteiger partial charge on any atom is -0.381 e. The van der Waals surface area contributed by atoms with Gasteiger partial charge in [0.2, 0.25) is 0 Å². The molecule has 0 aliphatic heterocycles. The van der Waals surface area contributed by atoms with E-state index >= 15 is 0 Å². The van der Waals surface area contributed by atoms with Crippen LogP contribution in [0.1, 0.15) is 12.8 Å². The second kappa shape index (κ2) is 8.04. The fourth-order valence-electron chi connectivity index (χ4n) is 1.24. The molecular formula is C9H19F3O4Si. The van der Waals surface area contributed by atoms with E-state index < -0.39 is 21.4 Å². The number of alkyl halides is 3. The second-order valence-electron chi connectivity index (χ2n) is 3.38. The average molecular weight is 276 g/mol. The molecule has 0 radical (unpaired) electrons. The van der Waals surface area contributed by atoms with E-state index in [0.717, 1.165) is 0 Å². The molecule has 0 fully saturated rings. The monoisotopic (exact) mass is 276 g/mol. The van der Waals surface area contributed by atoms with Gasteiger partial charge in [0.1, 0.15) is 0 Å². The van der Waals surface area contributed by atoms with Crippen LogP contribution in [-0.4, -0.2) is 49.5 Å². The molecule has 8 heteroatoms. The Morgan fingerprint density at radius 3 is 1.88 bits per heavy atom. The molecule has 0 saturated carbocycles. The van der Waals surface area contributed by atoms with E-state index in [1.54, 1.807) is 0 Å². The molecule has 104 valence electrons. The summed E-state index contributed by atoms with van der Waals surface area (Å²) in [6, 6.07) is 0.516. The summed E-state index contributed by atoms with van der Waals surface area (Å²) in [6.07, 6.45) is -4.54. The lowest BCUT2D eigenvalue weighted by Gasteiger charge is -2.24. The SMILES string of the molecule is CO[Si](CCCOCCC(F)(F)F)(OC)OC. The molecule has 0 aromatic carbocycles. The first-order valence-electron chi connectivity index (χ1n) is 5.19. The maximum absolute atomic E-state index is 11.8. The highest BCUT2D eigenvalue weighted by Crippen LogP contribution is 2.19. The molecule has 0 amide bonds. The first kappa shape index (κ1) is 16.8. The van der Waals surface area contributed by atoms with Crippen molar-refractivity contribution in [1.29, 1.82) is 0 Å². The Morgan fingerprint density at radius 2 is 1.47 bits per heavy atom. The normalized spacial score (nSPS) is 13.1. The standard InChI is InChI=1S/C9H19F3O4Si/c1-13-17(14-2,15-3)8-4-6-16-7-5-9(10,11)12/h4-8H2,1-3H3. The van der Waals surface area contributed by atoms with Crippen molar-refractivity contribution in [3.05, 3.63) is 0 Å². The summed E-state index contributed by atoms with van der Waals surface area (Å²) in [6.45, 7) is -0.0775. The summed E-state index contributed by atoms with van der Waals surface area (Å²) < 4.78 is 55.7. The number of ether oxygens (including phenoxy) is 1. The largest absolute Gasteiger partial charge is 0.500 e.